The van der Waals surface area contributed by atoms with Gasteiger partial charge in [0.05, 0.1) is 11.6 Å². The zero-order valence-electron chi connectivity index (χ0n) is 11.1. The summed E-state index contributed by atoms with van der Waals surface area (Å²) in [6, 6.07) is 7.76. The van der Waals surface area contributed by atoms with Crippen LogP contribution in [0.3, 0.4) is 0 Å². The topological polar surface area (TPSA) is 68.2 Å². The lowest BCUT2D eigenvalue weighted by Crippen LogP contribution is -2.30. The molecule has 0 bridgehead atoms. The smallest absolute Gasteiger partial charge is 0.259 e. The van der Waals surface area contributed by atoms with Crippen LogP contribution in [-0.4, -0.2) is 34.7 Å². The highest BCUT2D eigenvalue weighted by Gasteiger charge is 2.20. The quantitative estimate of drug-likeness (QED) is 0.821. The number of aromatic nitrogens is 2. The summed E-state index contributed by atoms with van der Waals surface area (Å²) >= 11 is 2.26. The van der Waals surface area contributed by atoms with Crippen LogP contribution < -0.4 is 5.73 Å². The van der Waals surface area contributed by atoms with Crippen molar-refractivity contribution in [3.63, 3.8) is 0 Å². The van der Waals surface area contributed by atoms with E-state index in [1.165, 1.54) is 12.8 Å². The number of likely N-dealkylation sites (tertiary alicyclic amines) is 1. The van der Waals surface area contributed by atoms with Crippen LogP contribution in [0.5, 0.6) is 0 Å². The molecule has 1 atom stereocenters. The Morgan fingerprint density at radius 2 is 2.05 bits per heavy atom. The standard InChI is InChI=1S/C14H17IN4O/c15-11-6-2-1-5-10(11)14-17-13(18-20-14)12(16)9-19-7-3-4-8-19/h1-2,5-6,12H,3-4,7-9,16H2. The lowest BCUT2D eigenvalue weighted by Gasteiger charge is -2.17. The highest BCUT2D eigenvalue weighted by molar-refractivity contribution is 14.1. The first kappa shape index (κ1) is 14.0. The van der Waals surface area contributed by atoms with Crippen molar-refractivity contribution in [2.45, 2.75) is 18.9 Å². The maximum atomic E-state index is 6.18. The minimum atomic E-state index is -0.188. The van der Waals surface area contributed by atoms with Crippen LogP contribution in [0.4, 0.5) is 0 Å². The van der Waals surface area contributed by atoms with Crippen LogP contribution in [0.1, 0.15) is 24.7 Å². The zero-order chi connectivity index (χ0) is 13.9. The van der Waals surface area contributed by atoms with Gasteiger partial charge < -0.3 is 15.2 Å². The van der Waals surface area contributed by atoms with E-state index in [2.05, 4.69) is 37.6 Å². The number of benzene rings is 1. The third-order valence-electron chi connectivity index (χ3n) is 3.53. The van der Waals surface area contributed by atoms with Gasteiger partial charge >= 0.3 is 0 Å². The summed E-state index contributed by atoms with van der Waals surface area (Å²) in [6.45, 7) is 3.04. The summed E-state index contributed by atoms with van der Waals surface area (Å²) in [5, 5.41) is 4.03. The van der Waals surface area contributed by atoms with Crippen molar-refractivity contribution >= 4 is 22.6 Å². The molecule has 2 N–H and O–H groups in total. The van der Waals surface area contributed by atoms with Gasteiger partial charge in [-0.2, -0.15) is 4.98 Å². The molecule has 6 heteroatoms. The highest BCUT2D eigenvalue weighted by atomic mass is 127. The summed E-state index contributed by atoms with van der Waals surface area (Å²) < 4.78 is 6.44. The Morgan fingerprint density at radius 3 is 2.80 bits per heavy atom. The average Bonchev–Trinajstić information content (AvgIpc) is 3.10. The summed E-state index contributed by atoms with van der Waals surface area (Å²) in [7, 11) is 0. The fourth-order valence-corrected chi connectivity index (χ4v) is 3.07. The van der Waals surface area contributed by atoms with Gasteiger partial charge in [0.1, 0.15) is 0 Å². The lowest BCUT2D eigenvalue weighted by molar-refractivity contribution is 0.306. The highest BCUT2D eigenvalue weighted by Crippen LogP contribution is 2.24. The van der Waals surface area contributed by atoms with Gasteiger partial charge in [0, 0.05) is 10.1 Å². The van der Waals surface area contributed by atoms with Crippen molar-refractivity contribution in [1.29, 1.82) is 0 Å². The number of hydrogen-bond donors (Lipinski definition) is 1. The molecule has 2 heterocycles. The SMILES string of the molecule is NC(CN1CCCC1)c1noc(-c2ccccc2I)n1. The van der Waals surface area contributed by atoms with Crippen molar-refractivity contribution in [2.24, 2.45) is 5.73 Å². The molecule has 0 saturated carbocycles. The van der Waals surface area contributed by atoms with Gasteiger partial charge in [0.25, 0.3) is 5.89 Å². The van der Waals surface area contributed by atoms with E-state index in [9.17, 15) is 0 Å². The van der Waals surface area contributed by atoms with E-state index in [4.69, 9.17) is 10.3 Å². The minimum absolute atomic E-state index is 0.188. The van der Waals surface area contributed by atoms with Gasteiger partial charge in [-0.25, -0.2) is 0 Å². The molecule has 0 aliphatic carbocycles. The van der Waals surface area contributed by atoms with Gasteiger partial charge in [-0.05, 0) is 60.7 Å². The minimum Gasteiger partial charge on any atom is -0.334 e. The number of nitrogens with zero attached hydrogens (tertiary/aromatic N) is 3. The summed E-state index contributed by atoms with van der Waals surface area (Å²) in [5.41, 5.74) is 7.13. The van der Waals surface area contributed by atoms with E-state index < -0.39 is 0 Å². The van der Waals surface area contributed by atoms with Gasteiger partial charge in [0.15, 0.2) is 5.82 Å². The second kappa shape index (κ2) is 6.19. The molecule has 0 spiro atoms. The van der Waals surface area contributed by atoms with E-state index in [0.29, 0.717) is 11.7 Å². The summed E-state index contributed by atoms with van der Waals surface area (Å²) in [4.78, 5) is 6.80. The Hall–Kier alpha value is -0.990. The Kier molecular flexibility index (Phi) is 4.32. The molecule has 20 heavy (non-hydrogen) atoms. The molecule has 1 aromatic carbocycles. The maximum absolute atomic E-state index is 6.18. The molecular formula is C14H17IN4O. The first-order valence-corrected chi connectivity index (χ1v) is 7.88. The second-order valence-electron chi connectivity index (χ2n) is 5.05. The Morgan fingerprint density at radius 1 is 1.30 bits per heavy atom. The van der Waals surface area contributed by atoms with Crippen LogP contribution in [0.15, 0.2) is 28.8 Å². The van der Waals surface area contributed by atoms with Crippen LogP contribution >= 0.6 is 22.6 Å². The molecule has 0 radical (unpaired) electrons. The first-order chi connectivity index (χ1) is 9.74. The van der Waals surface area contributed by atoms with E-state index in [1.54, 1.807) is 0 Å². The van der Waals surface area contributed by atoms with Crippen LogP contribution in [-0.2, 0) is 0 Å². The van der Waals surface area contributed by atoms with Crippen LogP contribution in [0.2, 0.25) is 0 Å². The molecule has 1 aliphatic rings. The van der Waals surface area contributed by atoms with Crippen molar-refractivity contribution in [3.8, 4) is 11.5 Å². The molecule has 1 unspecified atom stereocenters. The Labute approximate surface area is 131 Å². The molecule has 3 rings (SSSR count). The lowest BCUT2D eigenvalue weighted by atomic mass is 10.2. The molecule has 2 aromatic rings. The number of nitrogens with two attached hydrogens (primary N) is 1. The van der Waals surface area contributed by atoms with Gasteiger partial charge in [0.2, 0.25) is 0 Å². The number of halogens is 1. The van der Waals surface area contributed by atoms with Crippen molar-refractivity contribution in [1.82, 2.24) is 15.0 Å². The monoisotopic (exact) mass is 384 g/mol. The third-order valence-corrected chi connectivity index (χ3v) is 4.47. The Balaban J connectivity index is 1.74. The van der Waals surface area contributed by atoms with E-state index in [0.717, 1.165) is 28.8 Å². The fourth-order valence-electron chi connectivity index (χ4n) is 2.45. The van der Waals surface area contributed by atoms with Gasteiger partial charge in [-0.1, -0.05) is 17.3 Å². The van der Waals surface area contributed by atoms with Gasteiger partial charge in [-0.15, -0.1) is 0 Å². The molecular weight excluding hydrogens is 367 g/mol. The molecule has 0 amide bonds. The molecule has 106 valence electrons. The predicted octanol–water partition coefficient (Wildman–Crippen LogP) is 2.44. The molecule has 1 aliphatic heterocycles. The van der Waals surface area contributed by atoms with Gasteiger partial charge in [-0.3, -0.25) is 0 Å². The molecule has 1 fully saturated rings. The van der Waals surface area contributed by atoms with Crippen molar-refractivity contribution < 1.29 is 4.52 Å². The predicted molar refractivity (Wildman–Crippen MR) is 85.1 cm³/mol. The molecule has 1 saturated heterocycles. The number of hydrogen-bond acceptors (Lipinski definition) is 5. The van der Waals surface area contributed by atoms with E-state index >= 15 is 0 Å². The first-order valence-electron chi connectivity index (χ1n) is 6.80. The average molecular weight is 384 g/mol. The van der Waals surface area contributed by atoms with Crippen LogP contribution in [0, 0.1) is 3.57 Å². The molecule has 5 nitrogen and oxygen atoms in total. The van der Waals surface area contributed by atoms with Crippen LogP contribution in [0.25, 0.3) is 11.5 Å². The van der Waals surface area contributed by atoms with Crippen molar-refractivity contribution in [2.75, 3.05) is 19.6 Å². The fraction of sp³-hybridized carbons (Fsp3) is 0.429. The zero-order valence-corrected chi connectivity index (χ0v) is 13.3. The maximum Gasteiger partial charge on any atom is 0.259 e. The van der Waals surface area contributed by atoms with E-state index in [1.807, 2.05) is 24.3 Å². The van der Waals surface area contributed by atoms with Crippen molar-refractivity contribution in [3.05, 3.63) is 33.7 Å². The summed E-state index contributed by atoms with van der Waals surface area (Å²) in [5.74, 6) is 1.13. The summed E-state index contributed by atoms with van der Waals surface area (Å²) in [6.07, 6.45) is 2.51. The normalized spacial score (nSPS) is 17.5. The Bertz CT molecular complexity index is 580. The second-order valence-corrected chi connectivity index (χ2v) is 6.21. The van der Waals surface area contributed by atoms with E-state index in [-0.39, 0.29) is 6.04 Å². The third kappa shape index (κ3) is 3.02. The number of rotatable bonds is 4. The largest absolute Gasteiger partial charge is 0.334 e. The molecule has 1 aromatic heterocycles.